The predicted octanol–water partition coefficient (Wildman–Crippen LogP) is 3.40. The molecule has 0 fully saturated rings. The summed E-state index contributed by atoms with van der Waals surface area (Å²) in [5.41, 5.74) is 8.50. The van der Waals surface area contributed by atoms with Crippen molar-refractivity contribution in [2.45, 2.75) is 17.7 Å². The average Bonchev–Trinajstić information content (AvgIpc) is 2.32. The molecule has 2 rings (SSSR count). The van der Waals surface area contributed by atoms with Crippen LogP contribution in [-0.4, -0.2) is 4.98 Å². The monoisotopic (exact) mass is 248 g/mol. The van der Waals surface area contributed by atoms with Crippen LogP contribution in [-0.2, 0) is 5.75 Å². The van der Waals surface area contributed by atoms with Crippen molar-refractivity contribution < 1.29 is 4.39 Å². The average molecular weight is 248 g/mol. The van der Waals surface area contributed by atoms with E-state index < -0.39 is 0 Å². The first kappa shape index (κ1) is 11.9. The number of nitrogens with two attached hydrogens (primary N) is 1. The lowest BCUT2D eigenvalue weighted by Crippen LogP contribution is -1.93. The molecule has 2 N–H and O–H groups in total. The van der Waals surface area contributed by atoms with Crippen LogP contribution in [0.2, 0.25) is 0 Å². The molecule has 1 heterocycles. The second-order valence-corrected chi connectivity index (χ2v) is 4.72. The van der Waals surface area contributed by atoms with E-state index in [2.05, 4.69) is 4.98 Å². The zero-order chi connectivity index (χ0) is 12.3. The molecule has 0 amide bonds. The zero-order valence-corrected chi connectivity index (χ0v) is 10.3. The number of nitrogens with zero attached hydrogens (tertiary/aromatic N) is 1. The van der Waals surface area contributed by atoms with E-state index >= 15 is 0 Å². The molecule has 0 bridgehead atoms. The van der Waals surface area contributed by atoms with Crippen molar-refractivity contribution in [2.75, 3.05) is 5.73 Å². The van der Waals surface area contributed by atoms with Crippen molar-refractivity contribution in [3.05, 3.63) is 53.5 Å². The van der Waals surface area contributed by atoms with Gasteiger partial charge < -0.3 is 5.73 Å². The van der Waals surface area contributed by atoms with Crippen LogP contribution in [0.15, 0.2) is 41.6 Å². The molecular formula is C13H13FN2S. The largest absolute Gasteiger partial charge is 0.397 e. The summed E-state index contributed by atoms with van der Waals surface area (Å²) in [6, 6.07) is 8.42. The Morgan fingerprint density at radius 3 is 2.94 bits per heavy atom. The number of benzene rings is 1. The molecule has 0 aliphatic rings. The Kier molecular flexibility index (Phi) is 3.64. The second-order valence-electron chi connectivity index (χ2n) is 3.76. The van der Waals surface area contributed by atoms with Gasteiger partial charge in [-0.05, 0) is 42.3 Å². The number of pyridine rings is 1. The smallest absolute Gasteiger partial charge is 0.123 e. The third-order valence-electron chi connectivity index (χ3n) is 2.48. The fraction of sp³-hybridized carbons (Fsp3) is 0.154. The first-order valence-electron chi connectivity index (χ1n) is 5.25. The van der Waals surface area contributed by atoms with Gasteiger partial charge in [-0.1, -0.05) is 17.8 Å². The number of hydrogen-bond donors (Lipinski definition) is 1. The fourth-order valence-corrected chi connectivity index (χ4v) is 2.44. The van der Waals surface area contributed by atoms with E-state index in [0.29, 0.717) is 11.4 Å². The number of halogens is 1. The summed E-state index contributed by atoms with van der Waals surface area (Å²) in [5.74, 6) is 0.463. The normalized spacial score (nSPS) is 10.5. The molecule has 1 aromatic heterocycles. The van der Waals surface area contributed by atoms with E-state index in [-0.39, 0.29) is 5.82 Å². The number of aromatic nitrogens is 1. The molecule has 2 nitrogen and oxygen atoms in total. The van der Waals surface area contributed by atoms with Crippen molar-refractivity contribution in [1.82, 2.24) is 4.98 Å². The lowest BCUT2D eigenvalue weighted by Gasteiger charge is -2.06. The molecule has 0 aliphatic heterocycles. The van der Waals surface area contributed by atoms with Crippen molar-refractivity contribution >= 4 is 17.4 Å². The molecule has 17 heavy (non-hydrogen) atoms. The van der Waals surface area contributed by atoms with Gasteiger partial charge in [0, 0.05) is 11.9 Å². The van der Waals surface area contributed by atoms with Gasteiger partial charge in [0.15, 0.2) is 0 Å². The maximum Gasteiger partial charge on any atom is 0.123 e. The van der Waals surface area contributed by atoms with Gasteiger partial charge in [-0.3, -0.25) is 0 Å². The van der Waals surface area contributed by atoms with Gasteiger partial charge in [-0.25, -0.2) is 9.37 Å². The highest BCUT2D eigenvalue weighted by atomic mass is 32.2. The molecule has 88 valence electrons. The highest BCUT2D eigenvalue weighted by molar-refractivity contribution is 7.98. The zero-order valence-electron chi connectivity index (χ0n) is 9.48. The van der Waals surface area contributed by atoms with Gasteiger partial charge in [0.05, 0.1) is 5.69 Å². The second kappa shape index (κ2) is 5.19. The minimum atomic E-state index is -0.208. The summed E-state index contributed by atoms with van der Waals surface area (Å²) < 4.78 is 13.1. The number of nitrogen functional groups attached to an aromatic ring is 1. The van der Waals surface area contributed by atoms with Crippen LogP contribution >= 0.6 is 11.8 Å². The summed E-state index contributed by atoms with van der Waals surface area (Å²) in [7, 11) is 0. The molecule has 0 aliphatic carbocycles. The predicted molar refractivity (Wildman–Crippen MR) is 69.3 cm³/mol. The van der Waals surface area contributed by atoms with Crippen LogP contribution in [0, 0.1) is 12.7 Å². The lowest BCUT2D eigenvalue weighted by atomic mass is 10.1. The molecule has 0 unspecified atom stereocenters. The Morgan fingerprint density at radius 2 is 2.18 bits per heavy atom. The van der Waals surface area contributed by atoms with Crippen LogP contribution in [0.25, 0.3) is 0 Å². The third kappa shape index (κ3) is 2.97. The van der Waals surface area contributed by atoms with Crippen LogP contribution < -0.4 is 5.73 Å². The van der Waals surface area contributed by atoms with E-state index in [4.69, 9.17) is 5.73 Å². The maximum atomic E-state index is 13.1. The standard InChI is InChI=1S/C13H13FN2S/c1-9-4-5-11(14)7-10(9)8-17-13-12(15)3-2-6-16-13/h2-7H,8,15H2,1H3. The van der Waals surface area contributed by atoms with Crippen molar-refractivity contribution in [3.8, 4) is 0 Å². The number of aryl methyl sites for hydroxylation is 1. The van der Waals surface area contributed by atoms with E-state index in [0.717, 1.165) is 16.2 Å². The van der Waals surface area contributed by atoms with Crippen molar-refractivity contribution in [3.63, 3.8) is 0 Å². The van der Waals surface area contributed by atoms with Crippen molar-refractivity contribution in [1.29, 1.82) is 0 Å². The first-order valence-corrected chi connectivity index (χ1v) is 6.23. The highest BCUT2D eigenvalue weighted by Crippen LogP contribution is 2.26. The Labute approximate surface area is 104 Å². The summed E-state index contributed by atoms with van der Waals surface area (Å²) in [4.78, 5) is 4.19. The van der Waals surface area contributed by atoms with Crippen molar-refractivity contribution in [2.24, 2.45) is 0 Å². The van der Waals surface area contributed by atoms with Gasteiger partial charge in [0.25, 0.3) is 0 Å². The van der Waals surface area contributed by atoms with Gasteiger partial charge >= 0.3 is 0 Å². The summed E-state index contributed by atoms with van der Waals surface area (Å²) in [5, 5.41) is 0.788. The molecule has 2 aromatic rings. The number of anilines is 1. The summed E-state index contributed by atoms with van der Waals surface area (Å²) in [6.45, 7) is 1.97. The molecule has 0 spiro atoms. The third-order valence-corrected chi connectivity index (χ3v) is 3.55. The van der Waals surface area contributed by atoms with E-state index in [1.54, 1.807) is 24.4 Å². The summed E-state index contributed by atoms with van der Waals surface area (Å²) >= 11 is 1.52. The minimum absolute atomic E-state index is 0.208. The Hall–Kier alpha value is -1.55. The number of thioether (sulfide) groups is 1. The first-order chi connectivity index (χ1) is 8.16. The topological polar surface area (TPSA) is 38.9 Å². The molecule has 1 aromatic carbocycles. The number of rotatable bonds is 3. The number of hydrogen-bond acceptors (Lipinski definition) is 3. The van der Waals surface area contributed by atoms with Crippen LogP contribution in [0.3, 0.4) is 0 Å². The Balaban J connectivity index is 2.12. The molecule has 0 atom stereocenters. The quantitative estimate of drug-likeness (QED) is 0.846. The fourth-order valence-electron chi connectivity index (χ4n) is 1.47. The molecule has 4 heteroatoms. The van der Waals surface area contributed by atoms with E-state index in [1.165, 1.54) is 17.8 Å². The van der Waals surface area contributed by atoms with Crippen LogP contribution in [0.1, 0.15) is 11.1 Å². The summed E-state index contributed by atoms with van der Waals surface area (Å²) in [6.07, 6.45) is 1.71. The van der Waals surface area contributed by atoms with Gasteiger partial charge in [-0.15, -0.1) is 0 Å². The Bertz CT molecular complexity index is 529. The molecular weight excluding hydrogens is 235 g/mol. The minimum Gasteiger partial charge on any atom is -0.397 e. The van der Waals surface area contributed by atoms with Gasteiger partial charge in [0.2, 0.25) is 0 Å². The molecule has 0 radical (unpaired) electrons. The maximum absolute atomic E-state index is 13.1. The van der Waals surface area contributed by atoms with Gasteiger partial charge in [-0.2, -0.15) is 0 Å². The SMILES string of the molecule is Cc1ccc(F)cc1CSc1ncccc1N. The molecule has 0 saturated carbocycles. The van der Waals surface area contributed by atoms with E-state index in [9.17, 15) is 4.39 Å². The Morgan fingerprint density at radius 1 is 1.35 bits per heavy atom. The van der Waals surface area contributed by atoms with Crippen LogP contribution in [0.4, 0.5) is 10.1 Å². The highest BCUT2D eigenvalue weighted by Gasteiger charge is 2.04. The molecule has 0 saturated heterocycles. The lowest BCUT2D eigenvalue weighted by molar-refractivity contribution is 0.626. The van der Waals surface area contributed by atoms with Gasteiger partial charge in [0.1, 0.15) is 10.8 Å². The van der Waals surface area contributed by atoms with Crippen LogP contribution in [0.5, 0.6) is 0 Å². The van der Waals surface area contributed by atoms with E-state index in [1.807, 2.05) is 13.0 Å².